The summed E-state index contributed by atoms with van der Waals surface area (Å²) in [6.45, 7) is 0.706. The van der Waals surface area contributed by atoms with Crippen molar-refractivity contribution in [1.29, 1.82) is 0 Å². The third-order valence-electron chi connectivity index (χ3n) is 5.41. The highest BCUT2D eigenvalue weighted by Crippen LogP contribution is 2.47. The Balaban J connectivity index is 1.62. The fourth-order valence-corrected chi connectivity index (χ4v) is 5.34. The van der Waals surface area contributed by atoms with E-state index in [0.717, 1.165) is 38.5 Å². The number of aliphatic hydroxyl groups excluding tert-OH is 1. The third-order valence-corrected chi connectivity index (χ3v) is 7.69. The number of sulfone groups is 1. The minimum Gasteiger partial charge on any atom is -0.396 e. The Morgan fingerprint density at radius 1 is 1.17 bits per heavy atom. The van der Waals surface area contributed by atoms with Gasteiger partial charge in [0, 0.05) is 18.7 Å². The van der Waals surface area contributed by atoms with Crippen LogP contribution in [0.3, 0.4) is 0 Å². The molecule has 0 heterocycles. The highest BCUT2D eigenvalue weighted by Gasteiger charge is 2.41. The number of benzene rings is 1. The van der Waals surface area contributed by atoms with Crippen LogP contribution in [0.2, 0.25) is 0 Å². The van der Waals surface area contributed by atoms with Crippen LogP contribution in [0, 0.1) is 5.41 Å². The molecule has 0 aromatic heterocycles. The second kappa shape index (κ2) is 6.84. The van der Waals surface area contributed by atoms with Gasteiger partial charge in [-0.1, -0.05) is 12.8 Å². The first-order chi connectivity index (χ1) is 11.5. The molecule has 0 radical (unpaired) electrons. The molecule has 0 unspecified atom stereocenters. The van der Waals surface area contributed by atoms with Crippen molar-refractivity contribution in [3.05, 3.63) is 29.8 Å². The largest absolute Gasteiger partial charge is 0.396 e. The molecule has 2 aliphatic rings. The molecule has 5 nitrogen and oxygen atoms in total. The number of hydrogen-bond acceptors (Lipinski definition) is 4. The third kappa shape index (κ3) is 3.64. The second-order valence-electron chi connectivity index (χ2n) is 7.13. The van der Waals surface area contributed by atoms with Gasteiger partial charge in [-0.15, -0.1) is 0 Å². The van der Waals surface area contributed by atoms with Gasteiger partial charge in [0.25, 0.3) is 5.91 Å². The van der Waals surface area contributed by atoms with E-state index in [4.69, 9.17) is 5.11 Å². The number of carbonyl (C=O) groups is 1. The van der Waals surface area contributed by atoms with Gasteiger partial charge in [0.2, 0.25) is 0 Å². The number of aliphatic hydroxyl groups is 1. The first kappa shape index (κ1) is 17.4. The molecular formula is C18H25NO4S. The monoisotopic (exact) mass is 351 g/mol. The molecule has 0 saturated heterocycles. The van der Waals surface area contributed by atoms with Crippen LogP contribution in [0.4, 0.5) is 0 Å². The zero-order valence-electron chi connectivity index (χ0n) is 13.8. The average Bonchev–Trinajstić information content (AvgIpc) is 3.12. The zero-order valence-corrected chi connectivity index (χ0v) is 14.6. The maximum atomic E-state index is 12.5. The molecule has 24 heavy (non-hydrogen) atoms. The molecular weight excluding hydrogens is 326 g/mol. The molecule has 2 aliphatic carbocycles. The van der Waals surface area contributed by atoms with Gasteiger partial charge in [-0.05, 0) is 61.8 Å². The van der Waals surface area contributed by atoms with Crippen molar-refractivity contribution in [3.63, 3.8) is 0 Å². The van der Waals surface area contributed by atoms with Gasteiger partial charge in [0.05, 0.1) is 10.1 Å². The van der Waals surface area contributed by atoms with Gasteiger partial charge < -0.3 is 10.4 Å². The van der Waals surface area contributed by atoms with E-state index >= 15 is 0 Å². The quantitative estimate of drug-likeness (QED) is 0.789. The van der Waals surface area contributed by atoms with Gasteiger partial charge >= 0.3 is 0 Å². The Labute approximate surface area is 143 Å². The Hall–Kier alpha value is -1.40. The topological polar surface area (TPSA) is 83.5 Å². The molecule has 3 rings (SSSR count). The summed E-state index contributed by atoms with van der Waals surface area (Å²) in [5, 5.41) is 11.7. The maximum absolute atomic E-state index is 12.5. The van der Waals surface area contributed by atoms with E-state index < -0.39 is 9.84 Å². The fourth-order valence-electron chi connectivity index (χ4n) is 3.49. The summed E-state index contributed by atoms with van der Waals surface area (Å²) >= 11 is 0. The average molecular weight is 351 g/mol. The second-order valence-corrected chi connectivity index (χ2v) is 9.36. The summed E-state index contributed by atoms with van der Waals surface area (Å²) in [6.07, 6.45) is 6.19. The van der Waals surface area contributed by atoms with Crippen molar-refractivity contribution >= 4 is 15.7 Å². The molecule has 0 spiro atoms. The maximum Gasteiger partial charge on any atom is 0.251 e. The standard InChI is InChI=1S/C18H25NO4S/c20-12-11-18(9-10-18)13-19-17(21)14-5-7-16(8-6-14)24(22,23)15-3-1-2-4-15/h5-8,15,20H,1-4,9-13H2,(H,19,21). The van der Waals surface area contributed by atoms with E-state index in [2.05, 4.69) is 5.32 Å². The molecule has 1 aromatic rings. The van der Waals surface area contributed by atoms with Crippen LogP contribution in [-0.2, 0) is 9.84 Å². The smallest absolute Gasteiger partial charge is 0.251 e. The SMILES string of the molecule is O=C(NCC1(CCO)CC1)c1ccc(S(=O)(=O)C2CCCC2)cc1. The summed E-state index contributed by atoms with van der Waals surface area (Å²) in [6, 6.07) is 6.26. The predicted octanol–water partition coefficient (Wildman–Crippen LogP) is 2.30. The molecule has 0 atom stereocenters. The summed E-state index contributed by atoms with van der Waals surface area (Å²) in [5.74, 6) is -0.191. The van der Waals surface area contributed by atoms with Crippen LogP contribution in [0.5, 0.6) is 0 Å². The minimum absolute atomic E-state index is 0.0656. The van der Waals surface area contributed by atoms with Crippen molar-refractivity contribution in [3.8, 4) is 0 Å². The highest BCUT2D eigenvalue weighted by atomic mass is 32.2. The van der Waals surface area contributed by atoms with Crippen molar-refractivity contribution in [2.24, 2.45) is 5.41 Å². The number of carbonyl (C=O) groups excluding carboxylic acids is 1. The number of amides is 1. The van der Waals surface area contributed by atoms with E-state index in [-0.39, 0.29) is 23.2 Å². The lowest BCUT2D eigenvalue weighted by atomic mass is 10.0. The molecule has 0 aliphatic heterocycles. The van der Waals surface area contributed by atoms with Gasteiger partial charge in [-0.3, -0.25) is 4.79 Å². The van der Waals surface area contributed by atoms with E-state index in [0.29, 0.717) is 23.4 Å². The van der Waals surface area contributed by atoms with Crippen molar-refractivity contribution in [2.45, 2.75) is 55.1 Å². The number of rotatable bonds is 7. The van der Waals surface area contributed by atoms with Crippen LogP contribution >= 0.6 is 0 Å². The van der Waals surface area contributed by atoms with Gasteiger partial charge in [0.15, 0.2) is 9.84 Å². The molecule has 6 heteroatoms. The van der Waals surface area contributed by atoms with Crippen molar-refractivity contribution in [2.75, 3.05) is 13.2 Å². The Morgan fingerprint density at radius 3 is 2.33 bits per heavy atom. The van der Waals surface area contributed by atoms with Crippen molar-refractivity contribution < 1.29 is 18.3 Å². The summed E-state index contributed by atoms with van der Waals surface area (Å²) in [4.78, 5) is 12.5. The van der Waals surface area contributed by atoms with Crippen LogP contribution in [0.25, 0.3) is 0 Å². The van der Waals surface area contributed by atoms with Gasteiger partial charge in [-0.25, -0.2) is 8.42 Å². The summed E-state index contributed by atoms with van der Waals surface area (Å²) < 4.78 is 25.1. The summed E-state index contributed by atoms with van der Waals surface area (Å²) in [7, 11) is -3.27. The molecule has 2 fully saturated rings. The summed E-state index contributed by atoms with van der Waals surface area (Å²) in [5.41, 5.74) is 0.538. The Morgan fingerprint density at radius 2 is 1.79 bits per heavy atom. The Bertz CT molecular complexity index is 686. The first-order valence-electron chi connectivity index (χ1n) is 8.70. The van der Waals surface area contributed by atoms with E-state index in [1.54, 1.807) is 24.3 Å². The molecule has 132 valence electrons. The lowest BCUT2D eigenvalue weighted by molar-refractivity contribution is 0.0940. The van der Waals surface area contributed by atoms with Crippen LogP contribution in [0.1, 0.15) is 55.3 Å². The van der Waals surface area contributed by atoms with Gasteiger partial charge in [-0.2, -0.15) is 0 Å². The van der Waals surface area contributed by atoms with E-state index in [1.807, 2.05) is 0 Å². The highest BCUT2D eigenvalue weighted by molar-refractivity contribution is 7.92. The van der Waals surface area contributed by atoms with Gasteiger partial charge in [0.1, 0.15) is 0 Å². The predicted molar refractivity (Wildman–Crippen MR) is 91.6 cm³/mol. The van der Waals surface area contributed by atoms with E-state index in [1.165, 1.54) is 0 Å². The van der Waals surface area contributed by atoms with Crippen molar-refractivity contribution in [1.82, 2.24) is 5.32 Å². The van der Waals surface area contributed by atoms with Crippen LogP contribution in [0.15, 0.2) is 29.2 Å². The number of nitrogens with one attached hydrogen (secondary N) is 1. The van der Waals surface area contributed by atoms with E-state index in [9.17, 15) is 13.2 Å². The van der Waals surface area contributed by atoms with Crippen LogP contribution in [-0.4, -0.2) is 37.8 Å². The molecule has 2 saturated carbocycles. The lowest BCUT2D eigenvalue weighted by Crippen LogP contribution is -2.30. The normalized spacial score (nSPS) is 20.0. The zero-order chi connectivity index (χ0) is 17.2. The van der Waals surface area contributed by atoms with Crippen LogP contribution < -0.4 is 5.32 Å². The molecule has 2 N–H and O–H groups in total. The molecule has 1 aromatic carbocycles. The first-order valence-corrected chi connectivity index (χ1v) is 10.2. The number of hydrogen-bond donors (Lipinski definition) is 2. The minimum atomic E-state index is -3.27. The molecule has 0 bridgehead atoms. The Kier molecular flexibility index (Phi) is 4.97. The molecule has 1 amide bonds. The fraction of sp³-hybridized carbons (Fsp3) is 0.611. The lowest BCUT2D eigenvalue weighted by Gasteiger charge is -2.15.